The molecule has 1 heterocycles. The van der Waals surface area contributed by atoms with Crippen molar-refractivity contribution in [2.24, 2.45) is 0 Å². The van der Waals surface area contributed by atoms with Gasteiger partial charge < -0.3 is 25.0 Å². The highest BCUT2D eigenvalue weighted by molar-refractivity contribution is 6.00. The standard InChI is InChI=1S/C13H13N3O5/c1-20-9-2-3-10(12(17)18)11(6-9)15-13(19)14-7-8-4-5-21-16-8/h2-6H,7H2,1H3,(H,17,18)(H2,14,15,19). The fraction of sp³-hybridized carbons (Fsp3) is 0.154. The molecular formula is C13H13N3O5. The monoisotopic (exact) mass is 291 g/mol. The first kappa shape index (κ1) is 14.4. The molecule has 0 aliphatic carbocycles. The molecule has 2 aromatic rings. The molecule has 0 aliphatic rings. The van der Waals surface area contributed by atoms with E-state index in [9.17, 15) is 9.59 Å². The summed E-state index contributed by atoms with van der Waals surface area (Å²) in [7, 11) is 1.45. The maximum absolute atomic E-state index is 11.8. The zero-order valence-electron chi connectivity index (χ0n) is 11.1. The van der Waals surface area contributed by atoms with Gasteiger partial charge in [0, 0.05) is 12.1 Å². The zero-order valence-corrected chi connectivity index (χ0v) is 11.1. The summed E-state index contributed by atoms with van der Waals surface area (Å²) < 4.78 is 9.63. The van der Waals surface area contributed by atoms with Crippen molar-refractivity contribution in [2.45, 2.75) is 6.54 Å². The van der Waals surface area contributed by atoms with Crippen LogP contribution in [-0.2, 0) is 6.54 Å². The SMILES string of the molecule is COc1ccc(C(=O)O)c(NC(=O)NCc2ccon2)c1. The van der Waals surface area contributed by atoms with Gasteiger partial charge >= 0.3 is 12.0 Å². The molecule has 8 heteroatoms. The third-order valence-electron chi connectivity index (χ3n) is 2.63. The Morgan fingerprint density at radius 2 is 2.19 bits per heavy atom. The van der Waals surface area contributed by atoms with Gasteiger partial charge in [-0.05, 0) is 12.1 Å². The van der Waals surface area contributed by atoms with E-state index in [0.29, 0.717) is 11.4 Å². The van der Waals surface area contributed by atoms with E-state index in [4.69, 9.17) is 9.84 Å². The zero-order chi connectivity index (χ0) is 15.2. The average molecular weight is 291 g/mol. The van der Waals surface area contributed by atoms with Gasteiger partial charge in [-0.3, -0.25) is 0 Å². The molecule has 21 heavy (non-hydrogen) atoms. The maximum Gasteiger partial charge on any atom is 0.337 e. The smallest absolute Gasteiger partial charge is 0.337 e. The van der Waals surface area contributed by atoms with Crippen LogP contribution in [0, 0.1) is 0 Å². The summed E-state index contributed by atoms with van der Waals surface area (Å²) in [5.74, 6) is -0.712. The van der Waals surface area contributed by atoms with Crippen molar-refractivity contribution in [1.82, 2.24) is 10.5 Å². The van der Waals surface area contributed by atoms with Crippen LogP contribution in [0.4, 0.5) is 10.5 Å². The van der Waals surface area contributed by atoms with Gasteiger partial charge in [-0.25, -0.2) is 9.59 Å². The van der Waals surface area contributed by atoms with Crippen LogP contribution in [-0.4, -0.2) is 29.4 Å². The summed E-state index contributed by atoms with van der Waals surface area (Å²) in [5, 5.41) is 17.7. The van der Waals surface area contributed by atoms with Gasteiger partial charge in [0.15, 0.2) is 0 Å². The van der Waals surface area contributed by atoms with Crippen molar-refractivity contribution in [1.29, 1.82) is 0 Å². The number of hydrogen-bond donors (Lipinski definition) is 3. The largest absolute Gasteiger partial charge is 0.497 e. The molecular weight excluding hydrogens is 278 g/mol. The van der Waals surface area contributed by atoms with Crippen molar-refractivity contribution < 1.29 is 24.0 Å². The number of carbonyl (C=O) groups is 2. The lowest BCUT2D eigenvalue weighted by Gasteiger charge is -2.10. The summed E-state index contributed by atoms with van der Waals surface area (Å²) in [5.41, 5.74) is 0.654. The topological polar surface area (TPSA) is 114 Å². The van der Waals surface area contributed by atoms with Crippen molar-refractivity contribution in [3.63, 3.8) is 0 Å². The lowest BCUT2D eigenvalue weighted by molar-refractivity contribution is 0.0698. The summed E-state index contributed by atoms with van der Waals surface area (Å²) >= 11 is 0. The molecule has 110 valence electrons. The van der Waals surface area contributed by atoms with E-state index in [0.717, 1.165) is 0 Å². The molecule has 0 aliphatic heterocycles. The highest BCUT2D eigenvalue weighted by Gasteiger charge is 2.13. The molecule has 1 aromatic carbocycles. The minimum absolute atomic E-state index is 0.0348. The van der Waals surface area contributed by atoms with Crippen LogP contribution in [0.2, 0.25) is 0 Å². The number of urea groups is 1. The van der Waals surface area contributed by atoms with Gasteiger partial charge in [0.2, 0.25) is 0 Å². The number of methoxy groups -OCH3 is 1. The Morgan fingerprint density at radius 3 is 2.81 bits per heavy atom. The lowest BCUT2D eigenvalue weighted by Crippen LogP contribution is -2.29. The molecule has 2 rings (SSSR count). The Kier molecular flexibility index (Phi) is 4.39. The Hall–Kier alpha value is -3.03. The molecule has 0 saturated heterocycles. The summed E-state index contributed by atoms with van der Waals surface area (Å²) in [6.45, 7) is 0.161. The first-order valence-electron chi connectivity index (χ1n) is 5.95. The molecule has 0 spiro atoms. The highest BCUT2D eigenvalue weighted by Crippen LogP contribution is 2.22. The number of ether oxygens (including phenoxy) is 1. The minimum Gasteiger partial charge on any atom is -0.497 e. The summed E-state index contributed by atoms with van der Waals surface area (Å²) in [4.78, 5) is 22.9. The summed E-state index contributed by atoms with van der Waals surface area (Å²) in [6.07, 6.45) is 1.39. The number of nitrogens with one attached hydrogen (secondary N) is 2. The third kappa shape index (κ3) is 3.72. The molecule has 0 unspecified atom stereocenters. The number of carboxylic acid groups (broad SMARTS) is 1. The Labute approximate surface area is 119 Å². The van der Waals surface area contributed by atoms with Crippen molar-refractivity contribution in [3.05, 3.63) is 41.8 Å². The van der Waals surface area contributed by atoms with Crippen LogP contribution in [0.1, 0.15) is 16.1 Å². The second-order valence-electron chi connectivity index (χ2n) is 4.02. The number of benzene rings is 1. The fourth-order valence-electron chi connectivity index (χ4n) is 1.61. The van der Waals surface area contributed by atoms with E-state index >= 15 is 0 Å². The van der Waals surface area contributed by atoms with Gasteiger partial charge in [-0.15, -0.1) is 0 Å². The van der Waals surface area contributed by atoms with Crippen molar-refractivity contribution >= 4 is 17.7 Å². The number of aromatic carboxylic acids is 1. The van der Waals surface area contributed by atoms with E-state index < -0.39 is 12.0 Å². The van der Waals surface area contributed by atoms with Crippen molar-refractivity contribution in [3.8, 4) is 5.75 Å². The molecule has 0 saturated carbocycles. The summed E-state index contributed by atoms with van der Waals surface area (Å²) in [6, 6.07) is 5.33. The molecule has 2 amide bonds. The highest BCUT2D eigenvalue weighted by atomic mass is 16.5. The van der Waals surface area contributed by atoms with Gasteiger partial charge in [0.05, 0.1) is 24.9 Å². The maximum atomic E-state index is 11.8. The van der Waals surface area contributed by atoms with Gasteiger partial charge in [-0.2, -0.15) is 0 Å². The van der Waals surface area contributed by atoms with Gasteiger partial charge in [0.1, 0.15) is 17.7 Å². The first-order valence-corrected chi connectivity index (χ1v) is 5.95. The minimum atomic E-state index is -1.15. The number of carboxylic acids is 1. The molecule has 3 N–H and O–H groups in total. The predicted molar refractivity (Wildman–Crippen MR) is 72.3 cm³/mol. The number of anilines is 1. The quantitative estimate of drug-likeness (QED) is 0.772. The number of hydrogen-bond acceptors (Lipinski definition) is 5. The lowest BCUT2D eigenvalue weighted by atomic mass is 10.1. The average Bonchev–Trinajstić information content (AvgIpc) is 2.98. The van der Waals surface area contributed by atoms with Gasteiger partial charge in [0.25, 0.3) is 0 Å². The molecule has 0 fully saturated rings. The molecule has 8 nitrogen and oxygen atoms in total. The van der Waals surface area contributed by atoms with E-state index in [-0.39, 0.29) is 17.8 Å². The Morgan fingerprint density at radius 1 is 1.38 bits per heavy atom. The van der Waals surface area contributed by atoms with Crippen LogP contribution in [0.5, 0.6) is 5.75 Å². The molecule has 1 aromatic heterocycles. The molecule has 0 atom stereocenters. The molecule has 0 bridgehead atoms. The second kappa shape index (κ2) is 6.42. The van der Waals surface area contributed by atoms with E-state index in [2.05, 4.69) is 20.3 Å². The van der Waals surface area contributed by atoms with Crippen LogP contribution in [0.15, 0.2) is 35.1 Å². The van der Waals surface area contributed by atoms with Crippen LogP contribution < -0.4 is 15.4 Å². The first-order chi connectivity index (χ1) is 10.1. The second-order valence-corrected chi connectivity index (χ2v) is 4.02. The van der Waals surface area contributed by atoms with Crippen LogP contribution in [0.3, 0.4) is 0 Å². The number of carbonyl (C=O) groups excluding carboxylic acids is 1. The van der Waals surface area contributed by atoms with Crippen molar-refractivity contribution in [2.75, 3.05) is 12.4 Å². The Balaban J connectivity index is 2.06. The number of nitrogens with zero attached hydrogens (tertiary/aromatic N) is 1. The van der Waals surface area contributed by atoms with Crippen LogP contribution in [0.25, 0.3) is 0 Å². The van der Waals surface area contributed by atoms with Gasteiger partial charge in [-0.1, -0.05) is 5.16 Å². The Bertz CT molecular complexity index is 639. The number of rotatable bonds is 5. The van der Waals surface area contributed by atoms with Crippen LogP contribution >= 0.6 is 0 Å². The van der Waals surface area contributed by atoms with E-state index in [1.165, 1.54) is 31.6 Å². The number of aromatic nitrogens is 1. The molecule has 0 radical (unpaired) electrons. The normalized spacial score (nSPS) is 9.95. The third-order valence-corrected chi connectivity index (χ3v) is 2.63. The van der Waals surface area contributed by atoms with E-state index in [1.807, 2.05) is 0 Å². The fourth-order valence-corrected chi connectivity index (χ4v) is 1.61. The predicted octanol–water partition coefficient (Wildman–Crippen LogP) is 1.70. The van der Waals surface area contributed by atoms with E-state index in [1.54, 1.807) is 6.07 Å². The number of amides is 2.